The fourth-order valence-electron chi connectivity index (χ4n) is 2.82. The second kappa shape index (κ2) is 9.43. The predicted molar refractivity (Wildman–Crippen MR) is 122 cm³/mol. The smallest absolute Gasteiger partial charge is 0.337 e. The van der Waals surface area contributed by atoms with Gasteiger partial charge < -0.3 is 20.5 Å². The van der Waals surface area contributed by atoms with Gasteiger partial charge in [-0.1, -0.05) is 29.3 Å². The molecule has 0 saturated carbocycles. The van der Waals surface area contributed by atoms with Gasteiger partial charge in [0.25, 0.3) is 5.91 Å². The van der Waals surface area contributed by atoms with Gasteiger partial charge in [0.05, 0.1) is 28.0 Å². The van der Waals surface area contributed by atoms with Crippen LogP contribution in [0.4, 0.5) is 15.5 Å². The number of rotatable bonds is 5. The van der Waals surface area contributed by atoms with Crippen LogP contribution in [0.5, 0.6) is 5.75 Å². The van der Waals surface area contributed by atoms with E-state index in [1.807, 2.05) is 0 Å². The van der Waals surface area contributed by atoms with E-state index in [2.05, 4.69) is 15.4 Å². The molecule has 0 unspecified atom stereocenters. The zero-order valence-electron chi connectivity index (χ0n) is 16.6. The van der Waals surface area contributed by atoms with Crippen molar-refractivity contribution in [3.05, 3.63) is 51.5 Å². The van der Waals surface area contributed by atoms with Crippen LogP contribution in [0, 0.1) is 0 Å². The number of methoxy groups -OCH3 is 1. The Morgan fingerprint density at radius 2 is 1.81 bits per heavy atom. The summed E-state index contributed by atoms with van der Waals surface area (Å²) in [6.07, 6.45) is 0. The van der Waals surface area contributed by atoms with Gasteiger partial charge in [-0.05, 0) is 24.3 Å². The minimum Gasteiger partial charge on any atom is -0.465 e. The Morgan fingerprint density at radius 1 is 1.09 bits per heavy atom. The molecule has 9 nitrogen and oxygen atoms in total. The van der Waals surface area contributed by atoms with Crippen LogP contribution in [0.1, 0.15) is 27.6 Å². The van der Waals surface area contributed by atoms with Gasteiger partial charge in [-0.2, -0.15) is 0 Å². The van der Waals surface area contributed by atoms with Crippen molar-refractivity contribution in [2.45, 2.75) is 6.92 Å². The normalized spacial score (nSPS) is 10.5. The molecule has 0 fully saturated rings. The molecule has 0 radical (unpaired) electrons. The standard InChI is InChI=1S/C20H15Cl2N3O6S/c1-8(26)31-15-12(21)7-11-13(17(23)27)18(32-16(11)14(15)22)25-20(29)24-10-5-3-4-9(6-10)19(28)30-2/h3-7H,1-2H3,(H2,23,27)(H2,24,25,29). The molecule has 3 amide bonds. The van der Waals surface area contributed by atoms with Crippen LogP contribution < -0.4 is 21.1 Å². The summed E-state index contributed by atoms with van der Waals surface area (Å²) in [5, 5.41) is 5.47. The Balaban J connectivity index is 1.96. The SMILES string of the molecule is COC(=O)c1cccc(NC(=O)Nc2sc3c(Cl)c(OC(C)=O)c(Cl)cc3c2C(N)=O)c1. The Morgan fingerprint density at radius 3 is 2.44 bits per heavy atom. The van der Waals surface area contributed by atoms with Gasteiger partial charge in [-0.3, -0.25) is 14.9 Å². The van der Waals surface area contributed by atoms with Crippen LogP contribution >= 0.6 is 34.5 Å². The highest BCUT2D eigenvalue weighted by Crippen LogP contribution is 2.46. The van der Waals surface area contributed by atoms with Crippen LogP contribution in [0.2, 0.25) is 10.0 Å². The molecule has 0 bridgehead atoms. The van der Waals surface area contributed by atoms with E-state index >= 15 is 0 Å². The average Bonchev–Trinajstić information content (AvgIpc) is 3.08. The number of urea groups is 1. The molecule has 1 heterocycles. The minimum atomic E-state index is -0.827. The fourth-order valence-corrected chi connectivity index (χ4v) is 4.58. The van der Waals surface area contributed by atoms with Gasteiger partial charge in [0, 0.05) is 18.0 Å². The summed E-state index contributed by atoms with van der Waals surface area (Å²) in [5.74, 6) is -2.09. The van der Waals surface area contributed by atoms with Gasteiger partial charge in [0.1, 0.15) is 10.0 Å². The molecule has 4 N–H and O–H groups in total. The van der Waals surface area contributed by atoms with Crippen molar-refractivity contribution in [1.29, 1.82) is 0 Å². The summed E-state index contributed by atoms with van der Waals surface area (Å²) in [6.45, 7) is 1.19. The van der Waals surface area contributed by atoms with Gasteiger partial charge in [0.2, 0.25) is 0 Å². The Bertz CT molecular complexity index is 1270. The van der Waals surface area contributed by atoms with Crippen molar-refractivity contribution < 1.29 is 28.7 Å². The van der Waals surface area contributed by atoms with E-state index in [4.69, 9.17) is 33.7 Å². The van der Waals surface area contributed by atoms with Crippen LogP contribution in [0.15, 0.2) is 30.3 Å². The summed E-state index contributed by atoms with van der Waals surface area (Å²) in [6, 6.07) is 6.75. The van der Waals surface area contributed by atoms with E-state index in [1.165, 1.54) is 32.2 Å². The number of halogens is 2. The molecular weight excluding hydrogens is 481 g/mol. The van der Waals surface area contributed by atoms with Crippen LogP contribution in [-0.4, -0.2) is 31.0 Å². The summed E-state index contributed by atoms with van der Waals surface area (Å²) >= 11 is 13.4. The lowest BCUT2D eigenvalue weighted by atomic mass is 10.1. The number of hydrogen-bond donors (Lipinski definition) is 3. The highest BCUT2D eigenvalue weighted by Gasteiger charge is 2.24. The van der Waals surface area contributed by atoms with Crippen LogP contribution in [0.25, 0.3) is 10.1 Å². The number of hydrogen-bond acceptors (Lipinski definition) is 7. The third-order valence-electron chi connectivity index (χ3n) is 4.09. The molecule has 3 rings (SSSR count). The Hall–Kier alpha value is -3.34. The number of nitrogens with one attached hydrogen (secondary N) is 2. The lowest BCUT2D eigenvalue weighted by Gasteiger charge is -2.08. The minimum absolute atomic E-state index is 0.00515. The van der Waals surface area contributed by atoms with Crippen molar-refractivity contribution in [3.8, 4) is 5.75 Å². The highest BCUT2D eigenvalue weighted by atomic mass is 35.5. The van der Waals surface area contributed by atoms with Crippen LogP contribution in [-0.2, 0) is 9.53 Å². The van der Waals surface area contributed by atoms with Gasteiger partial charge >= 0.3 is 18.0 Å². The molecule has 0 spiro atoms. The second-order valence-corrected chi connectivity index (χ2v) is 8.10. The van der Waals surface area contributed by atoms with E-state index in [9.17, 15) is 19.2 Å². The maximum Gasteiger partial charge on any atom is 0.337 e. The van der Waals surface area contributed by atoms with E-state index in [0.717, 1.165) is 11.3 Å². The number of anilines is 2. The van der Waals surface area contributed by atoms with Gasteiger partial charge in [-0.25, -0.2) is 9.59 Å². The third-order valence-corrected chi connectivity index (χ3v) is 5.98. The number of amides is 3. The number of carbonyl (C=O) groups is 4. The zero-order chi connectivity index (χ0) is 23.6. The molecule has 0 aliphatic carbocycles. The van der Waals surface area contributed by atoms with Crippen molar-refractivity contribution in [1.82, 2.24) is 0 Å². The summed E-state index contributed by atoms with van der Waals surface area (Å²) in [5.41, 5.74) is 6.05. The molecule has 32 heavy (non-hydrogen) atoms. The van der Waals surface area contributed by atoms with Crippen molar-refractivity contribution in [2.75, 3.05) is 17.7 Å². The van der Waals surface area contributed by atoms with Gasteiger partial charge in [-0.15, -0.1) is 11.3 Å². The van der Waals surface area contributed by atoms with Gasteiger partial charge in [0.15, 0.2) is 5.75 Å². The molecule has 0 saturated heterocycles. The second-order valence-electron chi connectivity index (χ2n) is 6.29. The third kappa shape index (κ3) is 4.77. The number of primary amides is 1. The summed E-state index contributed by atoms with van der Waals surface area (Å²) in [7, 11) is 1.24. The molecule has 0 aliphatic rings. The first-order chi connectivity index (χ1) is 15.1. The largest absolute Gasteiger partial charge is 0.465 e. The molecule has 1 aromatic heterocycles. The van der Waals surface area contributed by atoms with Crippen LogP contribution in [0.3, 0.4) is 0 Å². The number of fused-ring (bicyclic) bond motifs is 1. The van der Waals surface area contributed by atoms with Crippen molar-refractivity contribution >= 4 is 79.2 Å². The molecule has 3 aromatic rings. The number of carbonyl (C=O) groups excluding carboxylic acids is 4. The van der Waals surface area contributed by atoms with E-state index in [-0.39, 0.29) is 37.3 Å². The average molecular weight is 496 g/mol. The number of thiophene rings is 1. The molecule has 0 aliphatic heterocycles. The van der Waals surface area contributed by atoms with Crippen molar-refractivity contribution in [3.63, 3.8) is 0 Å². The topological polar surface area (TPSA) is 137 Å². The number of esters is 2. The molecule has 2 aromatic carbocycles. The molecule has 0 atom stereocenters. The maximum atomic E-state index is 12.5. The summed E-state index contributed by atoms with van der Waals surface area (Å²) in [4.78, 5) is 47.6. The molecular formula is C20H15Cl2N3O6S. The first kappa shape index (κ1) is 23.3. The molecule has 166 valence electrons. The van der Waals surface area contributed by atoms with Crippen molar-refractivity contribution in [2.24, 2.45) is 5.73 Å². The first-order valence-corrected chi connectivity index (χ1v) is 10.4. The monoisotopic (exact) mass is 495 g/mol. The number of ether oxygens (including phenoxy) is 2. The predicted octanol–water partition coefficient (Wildman–Crippen LogP) is 4.66. The Labute approximate surface area is 195 Å². The lowest BCUT2D eigenvalue weighted by Crippen LogP contribution is -2.21. The highest BCUT2D eigenvalue weighted by molar-refractivity contribution is 7.24. The number of nitrogens with two attached hydrogens (primary N) is 1. The quantitative estimate of drug-likeness (QED) is 0.347. The fraction of sp³-hybridized carbons (Fsp3) is 0.100. The van der Waals surface area contributed by atoms with E-state index in [0.29, 0.717) is 10.4 Å². The summed E-state index contributed by atoms with van der Waals surface area (Å²) < 4.78 is 10.0. The van der Waals surface area contributed by atoms with E-state index in [1.54, 1.807) is 12.1 Å². The lowest BCUT2D eigenvalue weighted by molar-refractivity contribution is -0.131. The number of benzene rings is 2. The Kier molecular flexibility index (Phi) is 6.87. The molecule has 12 heteroatoms. The first-order valence-electron chi connectivity index (χ1n) is 8.81. The zero-order valence-corrected chi connectivity index (χ0v) is 18.9. The van der Waals surface area contributed by atoms with E-state index < -0.39 is 23.9 Å². The maximum absolute atomic E-state index is 12.5.